The Kier molecular flexibility index (Phi) is 5.37. The Morgan fingerprint density at radius 1 is 1.55 bits per heavy atom. The fraction of sp³-hybridized carbons (Fsp3) is 0.385. The Hall–Kier alpha value is -1.60. The molecule has 1 aliphatic rings. The summed E-state index contributed by atoms with van der Waals surface area (Å²) in [6.45, 7) is 0. The van der Waals surface area contributed by atoms with E-state index in [1.165, 1.54) is 7.48 Å². The topological polar surface area (TPSA) is 75.6 Å². The molecule has 2 atom stereocenters. The monoisotopic (exact) mass is 292 g/mol. The van der Waals surface area contributed by atoms with Gasteiger partial charge in [0.05, 0.1) is 18.9 Å². The standard InChI is InChI=1S/C13H15BNO4S/c16-12(8-10-4-2-6-20-10)15-11-5-1-3-9(19-14-11)7-13(17)18/h1-4,6,9,11H,5,7-8H2,(H,15,16)(H,17,18). The molecule has 5 nitrogen and oxygen atoms in total. The highest BCUT2D eigenvalue weighted by Gasteiger charge is 2.20. The summed E-state index contributed by atoms with van der Waals surface area (Å²) in [5.74, 6) is -1.20. The number of aliphatic carboxylic acids is 1. The Morgan fingerprint density at radius 3 is 3.10 bits per heavy atom. The largest absolute Gasteiger partial charge is 0.481 e. The van der Waals surface area contributed by atoms with Crippen molar-refractivity contribution in [2.45, 2.75) is 31.3 Å². The number of carboxylic acids is 1. The molecule has 0 saturated carbocycles. The average molecular weight is 292 g/mol. The number of nitrogens with one attached hydrogen (secondary N) is 1. The molecule has 7 heteroatoms. The molecule has 0 aliphatic carbocycles. The number of carbonyl (C=O) groups excluding carboxylic acids is 1. The zero-order chi connectivity index (χ0) is 14.4. The second-order valence-electron chi connectivity index (χ2n) is 4.50. The van der Waals surface area contributed by atoms with Crippen LogP contribution in [0.15, 0.2) is 29.7 Å². The number of thiophene rings is 1. The lowest BCUT2D eigenvalue weighted by molar-refractivity contribution is -0.138. The van der Waals surface area contributed by atoms with Gasteiger partial charge in [0.15, 0.2) is 0 Å². The van der Waals surface area contributed by atoms with Crippen molar-refractivity contribution in [2.24, 2.45) is 0 Å². The van der Waals surface area contributed by atoms with Gasteiger partial charge in [0.25, 0.3) is 0 Å². The van der Waals surface area contributed by atoms with E-state index in [4.69, 9.17) is 9.76 Å². The molecule has 2 rings (SSSR count). The van der Waals surface area contributed by atoms with E-state index in [2.05, 4.69) is 5.32 Å². The van der Waals surface area contributed by atoms with Gasteiger partial charge in [0.2, 0.25) is 5.91 Å². The second kappa shape index (κ2) is 7.26. The molecule has 0 bridgehead atoms. The highest BCUT2D eigenvalue weighted by atomic mass is 32.1. The quantitative estimate of drug-likeness (QED) is 0.631. The van der Waals surface area contributed by atoms with Crippen LogP contribution in [-0.4, -0.2) is 36.5 Å². The first-order valence-corrected chi connectivity index (χ1v) is 7.20. The molecular formula is C13H15BNO4S. The number of rotatable bonds is 5. The molecule has 105 valence electrons. The SMILES string of the molecule is O=C(O)CC1C=CCC(NC(=O)Cc2cccs2)[B]O1. The van der Waals surface area contributed by atoms with Crippen LogP contribution in [0.4, 0.5) is 0 Å². The van der Waals surface area contributed by atoms with Crippen LogP contribution in [0.5, 0.6) is 0 Å². The summed E-state index contributed by atoms with van der Waals surface area (Å²) in [6, 6.07) is 3.83. The van der Waals surface area contributed by atoms with Crippen LogP contribution < -0.4 is 5.32 Å². The van der Waals surface area contributed by atoms with Crippen molar-refractivity contribution >= 4 is 30.7 Å². The van der Waals surface area contributed by atoms with E-state index in [-0.39, 0.29) is 18.3 Å². The van der Waals surface area contributed by atoms with Gasteiger partial charge in [-0.05, 0) is 17.9 Å². The van der Waals surface area contributed by atoms with Crippen LogP contribution in [0.1, 0.15) is 17.7 Å². The van der Waals surface area contributed by atoms with Crippen molar-refractivity contribution in [3.05, 3.63) is 34.5 Å². The van der Waals surface area contributed by atoms with E-state index in [1.54, 1.807) is 17.4 Å². The molecule has 1 aromatic rings. The molecule has 1 aromatic heterocycles. The molecule has 1 amide bonds. The maximum Gasteiger partial charge on any atom is 0.317 e. The van der Waals surface area contributed by atoms with Crippen LogP contribution in [0.3, 0.4) is 0 Å². The van der Waals surface area contributed by atoms with Crippen molar-refractivity contribution in [3.63, 3.8) is 0 Å². The number of amides is 1. The molecule has 2 N–H and O–H groups in total. The Balaban J connectivity index is 1.78. The molecule has 0 fully saturated rings. The first-order valence-electron chi connectivity index (χ1n) is 6.32. The molecular weight excluding hydrogens is 277 g/mol. The fourth-order valence-corrected chi connectivity index (χ4v) is 2.59. The van der Waals surface area contributed by atoms with Gasteiger partial charge in [-0.25, -0.2) is 0 Å². The highest BCUT2D eigenvalue weighted by Crippen LogP contribution is 2.11. The zero-order valence-electron chi connectivity index (χ0n) is 10.8. The normalized spacial score (nSPS) is 21.8. The minimum Gasteiger partial charge on any atom is -0.481 e. The van der Waals surface area contributed by atoms with Gasteiger partial charge >= 0.3 is 13.5 Å². The predicted octanol–water partition coefficient (Wildman–Crippen LogP) is 1.17. The lowest BCUT2D eigenvalue weighted by atomic mass is 9.85. The van der Waals surface area contributed by atoms with Crippen LogP contribution in [0.25, 0.3) is 0 Å². The first kappa shape index (κ1) is 14.8. The smallest absolute Gasteiger partial charge is 0.317 e. The number of hydrogen-bond donors (Lipinski definition) is 2. The maximum atomic E-state index is 11.9. The lowest BCUT2D eigenvalue weighted by Gasteiger charge is -2.15. The van der Waals surface area contributed by atoms with E-state index in [0.717, 1.165) is 4.88 Å². The van der Waals surface area contributed by atoms with Gasteiger partial charge in [0, 0.05) is 10.8 Å². The molecule has 1 aliphatic heterocycles. The Labute approximate surface area is 121 Å². The molecule has 0 aromatic carbocycles. The van der Waals surface area contributed by atoms with Crippen molar-refractivity contribution in [1.82, 2.24) is 5.32 Å². The minimum atomic E-state index is -0.909. The summed E-state index contributed by atoms with van der Waals surface area (Å²) in [4.78, 5) is 23.5. The summed E-state index contributed by atoms with van der Waals surface area (Å²) >= 11 is 1.54. The van der Waals surface area contributed by atoms with Crippen molar-refractivity contribution in [1.29, 1.82) is 0 Å². The minimum absolute atomic E-state index is 0.0672. The van der Waals surface area contributed by atoms with Gasteiger partial charge in [0.1, 0.15) is 0 Å². The fourth-order valence-electron chi connectivity index (χ4n) is 1.88. The summed E-state index contributed by atoms with van der Waals surface area (Å²) in [7, 11) is 1.51. The molecule has 2 unspecified atom stereocenters. The van der Waals surface area contributed by atoms with Crippen LogP contribution in [0, 0.1) is 0 Å². The van der Waals surface area contributed by atoms with Crippen LogP contribution >= 0.6 is 11.3 Å². The molecule has 0 saturated heterocycles. The van der Waals surface area contributed by atoms with E-state index >= 15 is 0 Å². The summed E-state index contributed by atoms with van der Waals surface area (Å²) in [5, 5.41) is 13.5. The van der Waals surface area contributed by atoms with Gasteiger partial charge in [-0.15, -0.1) is 11.3 Å². The van der Waals surface area contributed by atoms with Gasteiger partial charge in [-0.3, -0.25) is 9.59 Å². The number of hydrogen-bond acceptors (Lipinski definition) is 4. The third kappa shape index (κ3) is 4.83. The predicted molar refractivity (Wildman–Crippen MR) is 76.6 cm³/mol. The molecule has 1 radical (unpaired) electrons. The Bertz CT molecular complexity index is 489. The third-order valence-corrected chi connectivity index (χ3v) is 3.67. The van der Waals surface area contributed by atoms with E-state index in [0.29, 0.717) is 12.8 Å². The van der Waals surface area contributed by atoms with Gasteiger partial charge < -0.3 is 15.1 Å². The average Bonchev–Trinajstić information content (AvgIpc) is 2.78. The first-order chi connectivity index (χ1) is 9.63. The molecule has 0 spiro atoms. The molecule has 20 heavy (non-hydrogen) atoms. The van der Waals surface area contributed by atoms with E-state index in [1.807, 2.05) is 23.6 Å². The van der Waals surface area contributed by atoms with Crippen molar-refractivity contribution < 1.29 is 19.3 Å². The highest BCUT2D eigenvalue weighted by molar-refractivity contribution is 7.10. The van der Waals surface area contributed by atoms with E-state index in [9.17, 15) is 9.59 Å². The number of carboxylic acid groups (broad SMARTS) is 1. The zero-order valence-corrected chi connectivity index (χ0v) is 11.6. The summed E-state index contributed by atoms with van der Waals surface area (Å²) < 4.78 is 5.36. The summed E-state index contributed by atoms with van der Waals surface area (Å²) in [6.07, 6.45) is 3.97. The van der Waals surface area contributed by atoms with Gasteiger partial charge in [-0.2, -0.15) is 0 Å². The van der Waals surface area contributed by atoms with Crippen molar-refractivity contribution in [3.8, 4) is 0 Å². The maximum absolute atomic E-state index is 11.9. The summed E-state index contributed by atoms with van der Waals surface area (Å²) in [5.41, 5.74) is 0. The van der Waals surface area contributed by atoms with Crippen LogP contribution in [-0.2, 0) is 20.7 Å². The lowest BCUT2D eigenvalue weighted by Crippen LogP contribution is -2.40. The van der Waals surface area contributed by atoms with Crippen LogP contribution in [0.2, 0.25) is 0 Å². The van der Waals surface area contributed by atoms with E-state index < -0.39 is 12.1 Å². The van der Waals surface area contributed by atoms with Crippen molar-refractivity contribution in [2.75, 3.05) is 0 Å². The third-order valence-electron chi connectivity index (χ3n) is 2.80. The molecule has 2 heterocycles. The number of carbonyl (C=O) groups is 2. The second-order valence-corrected chi connectivity index (χ2v) is 5.53. The Morgan fingerprint density at radius 2 is 2.40 bits per heavy atom. The van der Waals surface area contributed by atoms with Gasteiger partial charge in [-0.1, -0.05) is 18.2 Å².